The summed E-state index contributed by atoms with van der Waals surface area (Å²) in [6.07, 6.45) is 6.97. The summed E-state index contributed by atoms with van der Waals surface area (Å²) >= 11 is 0. The van der Waals surface area contributed by atoms with Crippen molar-refractivity contribution in [2.75, 3.05) is 26.2 Å². The highest BCUT2D eigenvalue weighted by atomic mass is 15.3. The molecule has 24 heavy (non-hydrogen) atoms. The summed E-state index contributed by atoms with van der Waals surface area (Å²) in [5.74, 6) is 3.63. The van der Waals surface area contributed by atoms with E-state index in [-0.39, 0.29) is 0 Å². The Morgan fingerprint density at radius 2 is 2.17 bits per heavy atom. The maximum absolute atomic E-state index is 5.07. The predicted octanol–water partition coefficient (Wildman–Crippen LogP) is 3.41. The van der Waals surface area contributed by atoms with Crippen LogP contribution in [-0.2, 0) is 6.42 Å². The molecule has 4 aliphatic rings. The Bertz CT molecular complexity index is 661. The first-order valence-electron chi connectivity index (χ1n) is 9.91. The third-order valence-electron chi connectivity index (χ3n) is 7.14. The van der Waals surface area contributed by atoms with Crippen LogP contribution >= 0.6 is 0 Å². The van der Waals surface area contributed by atoms with Gasteiger partial charge in [-0.2, -0.15) is 0 Å². The molecule has 3 atom stereocenters. The first-order valence-corrected chi connectivity index (χ1v) is 9.91. The van der Waals surface area contributed by atoms with Gasteiger partial charge in [0.15, 0.2) is 5.96 Å². The minimum atomic E-state index is 0.644. The Kier molecular flexibility index (Phi) is 3.39. The summed E-state index contributed by atoms with van der Waals surface area (Å²) in [6.45, 7) is 6.61. The third-order valence-corrected chi connectivity index (χ3v) is 7.14. The lowest BCUT2D eigenvalue weighted by molar-refractivity contribution is 0.151. The van der Waals surface area contributed by atoms with Gasteiger partial charge in [0.05, 0.1) is 0 Å². The smallest absolute Gasteiger partial charge is 0.193 e. The Hall–Kier alpha value is -1.51. The molecule has 0 radical (unpaired) electrons. The van der Waals surface area contributed by atoms with Crippen LogP contribution in [0.3, 0.4) is 0 Å². The lowest BCUT2D eigenvalue weighted by atomic mass is 9.68. The SMILES string of the molecule is CCNC(=NCC1C2Cc3ccccc3C12)N1CCC2(CCC2)C1. The van der Waals surface area contributed by atoms with Gasteiger partial charge in [-0.15, -0.1) is 0 Å². The minimum absolute atomic E-state index is 0.644. The number of hydrogen-bond donors (Lipinski definition) is 1. The van der Waals surface area contributed by atoms with Gasteiger partial charge >= 0.3 is 0 Å². The first-order chi connectivity index (χ1) is 11.8. The topological polar surface area (TPSA) is 27.6 Å². The quantitative estimate of drug-likeness (QED) is 0.682. The highest BCUT2D eigenvalue weighted by Crippen LogP contribution is 2.61. The van der Waals surface area contributed by atoms with Gasteiger partial charge in [0.2, 0.25) is 0 Å². The number of hydrogen-bond acceptors (Lipinski definition) is 1. The van der Waals surface area contributed by atoms with E-state index in [0.29, 0.717) is 5.41 Å². The summed E-state index contributed by atoms with van der Waals surface area (Å²) in [5.41, 5.74) is 3.85. The summed E-state index contributed by atoms with van der Waals surface area (Å²) in [7, 11) is 0. The monoisotopic (exact) mass is 323 g/mol. The van der Waals surface area contributed by atoms with Gasteiger partial charge in [0.1, 0.15) is 0 Å². The van der Waals surface area contributed by atoms with E-state index in [9.17, 15) is 0 Å². The zero-order chi connectivity index (χ0) is 16.1. The number of guanidine groups is 1. The van der Waals surface area contributed by atoms with Gasteiger partial charge in [-0.05, 0) is 66.9 Å². The average Bonchev–Trinajstić information content (AvgIpc) is 2.95. The molecular weight excluding hydrogens is 294 g/mol. The van der Waals surface area contributed by atoms with Crippen molar-refractivity contribution in [1.82, 2.24) is 10.2 Å². The van der Waals surface area contributed by atoms with E-state index in [0.717, 1.165) is 30.8 Å². The van der Waals surface area contributed by atoms with Crippen LogP contribution in [0.1, 0.15) is 49.7 Å². The molecule has 1 heterocycles. The Labute approximate surface area is 145 Å². The predicted molar refractivity (Wildman–Crippen MR) is 98.3 cm³/mol. The van der Waals surface area contributed by atoms with Crippen LogP contribution in [0, 0.1) is 17.3 Å². The van der Waals surface area contributed by atoms with Crippen LogP contribution in [-0.4, -0.2) is 37.0 Å². The van der Waals surface area contributed by atoms with E-state index in [1.165, 1.54) is 51.2 Å². The van der Waals surface area contributed by atoms with E-state index in [2.05, 4.69) is 41.4 Å². The van der Waals surface area contributed by atoms with E-state index >= 15 is 0 Å². The maximum Gasteiger partial charge on any atom is 0.193 e. The molecule has 1 spiro atoms. The summed E-state index contributed by atoms with van der Waals surface area (Å²) in [4.78, 5) is 7.60. The molecule has 2 saturated carbocycles. The van der Waals surface area contributed by atoms with Gasteiger partial charge in [0.25, 0.3) is 0 Å². The van der Waals surface area contributed by atoms with Crippen LogP contribution in [0.5, 0.6) is 0 Å². The van der Waals surface area contributed by atoms with Crippen LogP contribution in [0.4, 0.5) is 0 Å². The maximum atomic E-state index is 5.07. The zero-order valence-corrected chi connectivity index (χ0v) is 14.8. The van der Waals surface area contributed by atoms with Crippen LogP contribution < -0.4 is 5.32 Å². The second kappa shape index (κ2) is 5.50. The van der Waals surface area contributed by atoms with Crippen LogP contribution in [0.15, 0.2) is 29.3 Å². The second-order valence-electron chi connectivity index (χ2n) is 8.48. The van der Waals surface area contributed by atoms with Gasteiger partial charge in [0, 0.05) is 26.2 Å². The molecule has 1 aromatic rings. The molecule has 3 unspecified atom stereocenters. The van der Waals surface area contributed by atoms with Gasteiger partial charge < -0.3 is 10.2 Å². The fourth-order valence-corrected chi connectivity index (χ4v) is 5.55. The molecule has 1 aromatic carbocycles. The van der Waals surface area contributed by atoms with Crippen molar-refractivity contribution in [1.29, 1.82) is 0 Å². The molecular formula is C21H29N3. The number of nitrogens with zero attached hydrogens (tertiary/aromatic N) is 2. The standard InChI is InChI=1S/C21H29N3/c1-2-22-20(24-11-10-21(14-24)8-5-9-21)23-13-18-17-12-15-6-3-4-7-16(15)19(17)18/h3-4,6-7,17-19H,2,5,8-14H2,1H3,(H,22,23). The van der Waals surface area contributed by atoms with E-state index in [1.54, 1.807) is 11.1 Å². The third kappa shape index (κ3) is 2.28. The number of rotatable bonds is 3. The normalized spacial score (nSPS) is 32.5. The molecule has 1 saturated heterocycles. The molecule has 0 aromatic heterocycles. The van der Waals surface area contributed by atoms with Gasteiger partial charge in [-0.25, -0.2) is 0 Å². The van der Waals surface area contributed by atoms with Crippen molar-refractivity contribution < 1.29 is 0 Å². The largest absolute Gasteiger partial charge is 0.357 e. The van der Waals surface area contributed by atoms with Crippen molar-refractivity contribution >= 4 is 5.96 Å². The van der Waals surface area contributed by atoms with Gasteiger partial charge in [-0.3, -0.25) is 4.99 Å². The van der Waals surface area contributed by atoms with Crippen molar-refractivity contribution in [2.45, 2.75) is 44.9 Å². The minimum Gasteiger partial charge on any atom is -0.357 e. The Morgan fingerprint density at radius 3 is 2.92 bits per heavy atom. The fraction of sp³-hybridized carbons (Fsp3) is 0.667. The lowest BCUT2D eigenvalue weighted by Gasteiger charge is -2.38. The first kappa shape index (κ1) is 14.8. The summed E-state index contributed by atoms with van der Waals surface area (Å²) in [5, 5.41) is 3.55. The van der Waals surface area contributed by atoms with E-state index in [4.69, 9.17) is 4.99 Å². The molecule has 0 amide bonds. The molecule has 3 aliphatic carbocycles. The second-order valence-corrected chi connectivity index (χ2v) is 8.48. The number of fused-ring (bicyclic) bond motifs is 3. The number of nitrogens with one attached hydrogen (secondary N) is 1. The number of aliphatic imine (C=N–C) groups is 1. The summed E-state index contributed by atoms with van der Waals surface area (Å²) in [6, 6.07) is 9.04. The van der Waals surface area contributed by atoms with Gasteiger partial charge in [-0.1, -0.05) is 30.7 Å². The molecule has 128 valence electrons. The fourth-order valence-electron chi connectivity index (χ4n) is 5.55. The average molecular weight is 323 g/mol. The van der Waals surface area contributed by atoms with E-state index < -0.39 is 0 Å². The number of benzene rings is 1. The van der Waals surface area contributed by atoms with Crippen molar-refractivity contribution in [3.8, 4) is 0 Å². The van der Waals surface area contributed by atoms with Crippen molar-refractivity contribution in [3.05, 3.63) is 35.4 Å². The summed E-state index contributed by atoms with van der Waals surface area (Å²) < 4.78 is 0. The number of likely N-dealkylation sites (tertiary alicyclic amines) is 1. The zero-order valence-electron chi connectivity index (χ0n) is 14.8. The lowest BCUT2D eigenvalue weighted by Crippen LogP contribution is -2.42. The highest BCUT2D eigenvalue weighted by molar-refractivity contribution is 5.80. The Balaban J connectivity index is 1.25. The molecule has 3 fully saturated rings. The highest BCUT2D eigenvalue weighted by Gasteiger charge is 2.55. The molecule has 1 aliphatic heterocycles. The molecule has 0 bridgehead atoms. The van der Waals surface area contributed by atoms with Crippen LogP contribution in [0.2, 0.25) is 0 Å². The van der Waals surface area contributed by atoms with Crippen molar-refractivity contribution in [3.63, 3.8) is 0 Å². The molecule has 1 N–H and O–H groups in total. The molecule has 3 nitrogen and oxygen atoms in total. The Morgan fingerprint density at radius 1 is 1.29 bits per heavy atom. The van der Waals surface area contributed by atoms with E-state index in [1.807, 2.05) is 0 Å². The van der Waals surface area contributed by atoms with Crippen molar-refractivity contribution in [2.24, 2.45) is 22.2 Å². The molecule has 3 heteroatoms. The van der Waals surface area contributed by atoms with Crippen LogP contribution in [0.25, 0.3) is 0 Å². The molecule has 5 rings (SSSR count).